The highest BCUT2D eigenvalue weighted by molar-refractivity contribution is 5.59. The van der Waals surface area contributed by atoms with E-state index in [-0.39, 0.29) is 6.04 Å². The third-order valence-corrected chi connectivity index (χ3v) is 2.50. The largest absolute Gasteiger partial charge is 0.323 e. The van der Waals surface area contributed by atoms with E-state index in [1.807, 2.05) is 13.0 Å². The van der Waals surface area contributed by atoms with Crippen LogP contribution in [0.1, 0.15) is 24.2 Å². The molecule has 0 radical (unpaired) electrons. The molecular formula is C13H15N3. The van der Waals surface area contributed by atoms with Gasteiger partial charge in [0, 0.05) is 11.6 Å². The predicted octanol–water partition coefficient (Wildman–Crippen LogP) is 2.47. The Morgan fingerprint density at radius 3 is 2.44 bits per heavy atom. The summed E-state index contributed by atoms with van der Waals surface area (Å²) in [6, 6.07) is 10.1. The van der Waals surface area contributed by atoms with Crippen molar-refractivity contribution in [2.24, 2.45) is 5.73 Å². The highest BCUT2D eigenvalue weighted by Gasteiger charge is 2.04. The van der Waals surface area contributed by atoms with Gasteiger partial charge in [0.15, 0.2) is 0 Å². The van der Waals surface area contributed by atoms with Crippen LogP contribution in [0.2, 0.25) is 0 Å². The molecule has 0 bridgehead atoms. The number of nitrogens with two attached hydrogens (primary N) is 1. The second-order valence-electron chi connectivity index (χ2n) is 3.98. The highest BCUT2D eigenvalue weighted by Crippen LogP contribution is 2.19. The van der Waals surface area contributed by atoms with Gasteiger partial charge >= 0.3 is 0 Å². The summed E-state index contributed by atoms with van der Waals surface area (Å²) in [5.74, 6) is 0. The lowest BCUT2D eigenvalue weighted by Gasteiger charge is -2.06. The molecule has 0 aliphatic heterocycles. The van der Waals surface area contributed by atoms with Crippen LogP contribution in [0.15, 0.2) is 36.7 Å². The van der Waals surface area contributed by atoms with Crippen molar-refractivity contribution in [3.8, 4) is 11.3 Å². The van der Waals surface area contributed by atoms with Crippen LogP contribution in [0.4, 0.5) is 0 Å². The molecule has 0 aliphatic carbocycles. The maximum Gasteiger partial charge on any atom is 0.116 e. The first-order valence-electron chi connectivity index (χ1n) is 5.31. The van der Waals surface area contributed by atoms with E-state index < -0.39 is 0 Å². The first-order valence-corrected chi connectivity index (χ1v) is 5.31. The van der Waals surface area contributed by atoms with E-state index in [1.165, 1.54) is 5.56 Å². The first kappa shape index (κ1) is 10.8. The monoisotopic (exact) mass is 213 g/mol. The van der Waals surface area contributed by atoms with E-state index in [0.717, 1.165) is 17.0 Å². The van der Waals surface area contributed by atoms with Gasteiger partial charge in [-0.05, 0) is 19.9 Å². The Kier molecular flexibility index (Phi) is 2.97. The molecule has 3 nitrogen and oxygen atoms in total. The Balaban J connectivity index is 2.40. The fraction of sp³-hybridized carbons (Fsp3) is 0.231. The van der Waals surface area contributed by atoms with Crippen molar-refractivity contribution in [2.45, 2.75) is 19.9 Å². The zero-order valence-corrected chi connectivity index (χ0v) is 9.51. The zero-order valence-electron chi connectivity index (χ0n) is 9.51. The summed E-state index contributed by atoms with van der Waals surface area (Å²) >= 11 is 0. The minimum atomic E-state index is -0.0628. The van der Waals surface area contributed by atoms with Gasteiger partial charge in [0.1, 0.15) is 6.33 Å². The third-order valence-electron chi connectivity index (χ3n) is 2.50. The Bertz CT molecular complexity index is 475. The quantitative estimate of drug-likeness (QED) is 0.833. The molecule has 1 atom stereocenters. The fourth-order valence-corrected chi connectivity index (χ4v) is 1.50. The minimum Gasteiger partial charge on any atom is -0.323 e. The van der Waals surface area contributed by atoms with Gasteiger partial charge in [-0.2, -0.15) is 0 Å². The van der Waals surface area contributed by atoms with Crippen molar-refractivity contribution in [3.05, 3.63) is 47.9 Å². The van der Waals surface area contributed by atoms with Gasteiger partial charge < -0.3 is 5.73 Å². The summed E-state index contributed by atoms with van der Waals surface area (Å²) in [6.45, 7) is 3.98. The molecule has 2 aromatic rings. The Hall–Kier alpha value is -1.74. The van der Waals surface area contributed by atoms with Crippen molar-refractivity contribution in [2.75, 3.05) is 0 Å². The Morgan fingerprint density at radius 2 is 1.81 bits per heavy atom. The summed E-state index contributed by atoms with van der Waals surface area (Å²) in [5, 5.41) is 0. The molecule has 0 amide bonds. The molecular weight excluding hydrogens is 198 g/mol. The molecule has 2 N–H and O–H groups in total. The molecule has 1 aromatic heterocycles. The van der Waals surface area contributed by atoms with Crippen molar-refractivity contribution >= 4 is 0 Å². The van der Waals surface area contributed by atoms with E-state index in [0.29, 0.717) is 0 Å². The van der Waals surface area contributed by atoms with E-state index in [2.05, 4.69) is 41.2 Å². The lowest BCUT2D eigenvalue weighted by atomic mass is 10.1. The van der Waals surface area contributed by atoms with Crippen LogP contribution in [0.3, 0.4) is 0 Å². The lowest BCUT2D eigenvalue weighted by molar-refractivity contribution is 0.775. The average Bonchev–Trinajstić information content (AvgIpc) is 2.30. The molecule has 16 heavy (non-hydrogen) atoms. The summed E-state index contributed by atoms with van der Waals surface area (Å²) in [6.07, 6.45) is 1.56. The molecule has 82 valence electrons. The van der Waals surface area contributed by atoms with Crippen LogP contribution >= 0.6 is 0 Å². The van der Waals surface area contributed by atoms with Crippen LogP contribution in [-0.2, 0) is 0 Å². The van der Waals surface area contributed by atoms with E-state index >= 15 is 0 Å². The fourth-order valence-electron chi connectivity index (χ4n) is 1.50. The van der Waals surface area contributed by atoms with Crippen molar-refractivity contribution in [1.82, 2.24) is 9.97 Å². The molecule has 0 saturated carbocycles. The number of rotatable bonds is 2. The molecule has 3 heteroatoms. The summed E-state index contributed by atoms with van der Waals surface area (Å²) in [7, 11) is 0. The van der Waals surface area contributed by atoms with Crippen LogP contribution in [0, 0.1) is 6.92 Å². The molecule has 1 heterocycles. The number of aryl methyl sites for hydroxylation is 1. The second kappa shape index (κ2) is 4.41. The molecule has 1 aromatic carbocycles. The van der Waals surface area contributed by atoms with Crippen molar-refractivity contribution < 1.29 is 0 Å². The van der Waals surface area contributed by atoms with Crippen LogP contribution in [-0.4, -0.2) is 9.97 Å². The van der Waals surface area contributed by atoms with Crippen molar-refractivity contribution in [3.63, 3.8) is 0 Å². The zero-order chi connectivity index (χ0) is 11.5. The summed E-state index contributed by atoms with van der Waals surface area (Å²) < 4.78 is 0. The summed E-state index contributed by atoms with van der Waals surface area (Å²) in [5.41, 5.74) is 9.91. The smallest absolute Gasteiger partial charge is 0.116 e. The van der Waals surface area contributed by atoms with Gasteiger partial charge in [0.05, 0.1) is 11.4 Å². The Morgan fingerprint density at radius 1 is 1.12 bits per heavy atom. The number of benzene rings is 1. The van der Waals surface area contributed by atoms with Crippen LogP contribution < -0.4 is 5.73 Å². The normalized spacial score (nSPS) is 12.4. The van der Waals surface area contributed by atoms with E-state index in [9.17, 15) is 0 Å². The second-order valence-corrected chi connectivity index (χ2v) is 3.98. The van der Waals surface area contributed by atoms with Gasteiger partial charge in [-0.3, -0.25) is 0 Å². The number of aromatic nitrogens is 2. The molecule has 0 fully saturated rings. The minimum absolute atomic E-state index is 0.0628. The number of nitrogens with zero attached hydrogens (tertiary/aromatic N) is 2. The first-order chi connectivity index (χ1) is 7.66. The van der Waals surface area contributed by atoms with Crippen LogP contribution in [0.5, 0.6) is 0 Å². The third kappa shape index (κ3) is 2.25. The maximum absolute atomic E-state index is 5.79. The lowest BCUT2D eigenvalue weighted by Crippen LogP contribution is -2.07. The molecule has 0 spiro atoms. The number of hydrogen-bond acceptors (Lipinski definition) is 3. The predicted molar refractivity (Wildman–Crippen MR) is 64.8 cm³/mol. The van der Waals surface area contributed by atoms with Gasteiger partial charge in [0.25, 0.3) is 0 Å². The van der Waals surface area contributed by atoms with Gasteiger partial charge in [-0.1, -0.05) is 29.8 Å². The standard InChI is InChI=1S/C13H15N3/c1-9-3-5-11(6-4-9)13-7-12(10(2)14)15-8-16-13/h3-8,10H,14H2,1-2H3. The highest BCUT2D eigenvalue weighted by atomic mass is 14.9. The number of hydrogen-bond donors (Lipinski definition) is 1. The molecule has 0 aliphatic rings. The average molecular weight is 213 g/mol. The van der Waals surface area contributed by atoms with Crippen LogP contribution in [0.25, 0.3) is 11.3 Å². The molecule has 1 unspecified atom stereocenters. The van der Waals surface area contributed by atoms with E-state index in [4.69, 9.17) is 5.73 Å². The van der Waals surface area contributed by atoms with Crippen molar-refractivity contribution in [1.29, 1.82) is 0 Å². The maximum atomic E-state index is 5.79. The Labute approximate surface area is 95.4 Å². The van der Waals surface area contributed by atoms with Gasteiger partial charge in [0.2, 0.25) is 0 Å². The molecule has 0 saturated heterocycles. The summed E-state index contributed by atoms with van der Waals surface area (Å²) in [4.78, 5) is 8.40. The topological polar surface area (TPSA) is 51.8 Å². The molecule has 2 rings (SSSR count). The SMILES string of the molecule is Cc1ccc(-c2cc(C(C)N)ncn2)cc1. The van der Waals surface area contributed by atoms with Gasteiger partial charge in [-0.25, -0.2) is 9.97 Å². The van der Waals surface area contributed by atoms with E-state index in [1.54, 1.807) is 6.33 Å². The van der Waals surface area contributed by atoms with Gasteiger partial charge in [-0.15, -0.1) is 0 Å².